The second kappa shape index (κ2) is 7.43. The van der Waals surface area contributed by atoms with Crippen LogP contribution in [0, 0.1) is 0 Å². The number of aromatic amines is 1. The quantitative estimate of drug-likeness (QED) is 0.715. The maximum absolute atomic E-state index is 12.4. The molecule has 0 aliphatic carbocycles. The van der Waals surface area contributed by atoms with Crippen molar-refractivity contribution < 1.29 is 9.59 Å². The molecule has 2 N–H and O–H groups in total. The Morgan fingerprint density at radius 2 is 2.04 bits per heavy atom. The standard InChI is InChI=1S/C19H23N5O2/c1-4-24-18(19(26)23(2)3)16(12-21-24)22-17(25)10-9-13-11-20-15-8-6-5-7-14(13)15/h5-8,11-12,20H,4,9-10H2,1-3H3,(H,22,25). The predicted molar refractivity (Wildman–Crippen MR) is 101 cm³/mol. The van der Waals surface area contributed by atoms with Crippen LogP contribution in [-0.2, 0) is 17.8 Å². The van der Waals surface area contributed by atoms with Gasteiger partial charge in [0.25, 0.3) is 5.91 Å². The van der Waals surface area contributed by atoms with Crippen molar-refractivity contribution in [3.05, 3.63) is 47.9 Å². The number of carbonyl (C=O) groups excluding carboxylic acids is 2. The summed E-state index contributed by atoms with van der Waals surface area (Å²) in [6.07, 6.45) is 4.42. The normalized spacial score (nSPS) is 10.9. The Morgan fingerprint density at radius 3 is 2.77 bits per heavy atom. The number of hydrogen-bond acceptors (Lipinski definition) is 3. The van der Waals surface area contributed by atoms with E-state index in [0.717, 1.165) is 16.5 Å². The molecule has 2 aromatic heterocycles. The topological polar surface area (TPSA) is 83.0 Å². The van der Waals surface area contributed by atoms with Crippen molar-refractivity contribution in [2.24, 2.45) is 0 Å². The van der Waals surface area contributed by atoms with Crippen LogP contribution in [0.15, 0.2) is 36.7 Å². The minimum atomic E-state index is -0.184. The first kappa shape index (κ1) is 17.7. The third-order valence-corrected chi connectivity index (χ3v) is 4.32. The molecule has 0 spiro atoms. The maximum atomic E-state index is 12.4. The Hall–Kier alpha value is -3.09. The lowest BCUT2D eigenvalue weighted by molar-refractivity contribution is -0.116. The fraction of sp³-hybridized carbons (Fsp3) is 0.316. The summed E-state index contributed by atoms with van der Waals surface area (Å²) in [5.41, 5.74) is 3.02. The Morgan fingerprint density at radius 1 is 1.27 bits per heavy atom. The summed E-state index contributed by atoms with van der Waals surface area (Å²) >= 11 is 0. The van der Waals surface area contributed by atoms with Gasteiger partial charge in [-0.25, -0.2) is 0 Å². The Bertz CT molecular complexity index is 938. The molecule has 7 heteroatoms. The zero-order valence-corrected chi connectivity index (χ0v) is 15.2. The van der Waals surface area contributed by atoms with Gasteiger partial charge in [-0.2, -0.15) is 5.10 Å². The van der Waals surface area contributed by atoms with E-state index in [9.17, 15) is 9.59 Å². The van der Waals surface area contributed by atoms with Gasteiger partial charge in [0, 0.05) is 44.2 Å². The fourth-order valence-electron chi connectivity index (χ4n) is 2.95. The van der Waals surface area contributed by atoms with E-state index in [2.05, 4.69) is 15.4 Å². The lowest BCUT2D eigenvalue weighted by atomic mass is 10.1. The van der Waals surface area contributed by atoms with Gasteiger partial charge in [-0.3, -0.25) is 14.3 Å². The van der Waals surface area contributed by atoms with Crippen molar-refractivity contribution in [3.63, 3.8) is 0 Å². The van der Waals surface area contributed by atoms with E-state index in [0.29, 0.717) is 30.8 Å². The Kier molecular flexibility index (Phi) is 5.06. The van der Waals surface area contributed by atoms with Crippen LogP contribution in [0.25, 0.3) is 10.9 Å². The molecule has 0 aliphatic heterocycles. The number of aromatic nitrogens is 3. The highest BCUT2D eigenvalue weighted by Gasteiger charge is 2.21. The smallest absolute Gasteiger partial charge is 0.273 e. The second-order valence-electron chi connectivity index (χ2n) is 6.33. The average Bonchev–Trinajstić information content (AvgIpc) is 3.23. The molecular weight excluding hydrogens is 330 g/mol. The van der Waals surface area contributed by atoms with Crippen LogP contribution in [0.4, 0.5) is 5.69 Å². The van der Waals surface area contributed by atoms with Crippen molar-refractivity contribution in [2.45, 2.75) is 26.3 Å². The third kappa shape index (κ3) is 3.46. The molecule has 0 saturated heterocycles. The molecular formula is C19H23N5O2. The third-order valence-electron chi connectivity index (χ3n) is 4.32. The van der Waals surface area contributed by atoms with Gasteiger partial charge in [-0.1, -0.05) is 18.2 Å². The molecule has 2 heterocycles. The van der Waals surface area contributed by atoms with E-state index in [1.54, 1.807) is 18.8 Å². The number of aryl methyl sites for hydroxylation is 2. The minimum Gasteiger partial charge on any atom is -0.361 e. The molecule has 0 bridgehead atoms. The number of nitrogens with one attached hydrogen (secondary N) is 2. The van der Waals surface area contributed by atoms with E-state index >= 15 is 0 Å². The highest BCUT2D eigenvalue weighted by molar-refractivity contribution is 6.02. The van der Waals surface area contributed by atoms with Gasteiger partial charge in [-0.05, 0) is 25.0 Å². The van der Waals surface area contributed by atoms with E-state index in [1.165, 1.54) is 11.1 Å². The largest absolute Gasteiger partial charge is 0.361 e. The predicted octanol–water partition coefficient (Wildman–Crippen LogP) is 2.66. The summed E-state index contributed by atoms with van der Waals surface area (Å²) in [6.45, 7) is 2.46. The van der Waals surface area contributed by atoms with Gasteiger partial charge in [0.1, 0.15) is 5.69 Å². The number of H-pyrrole nitrogens is 1. The molecule has 1 aromatic carbocycles. The molecule has 136 valence electrons. The van der Waals surface area contributed by atoms with Crippen LogP contribution < -0.4 is 5.32 Å². The molecule has 3 aromatic rings. The van der Waals surface area contributed by atoms with Crippen LogP contribution >= 0.6 is 0 Å². The molecule has 3 rings (SSSR count). The molecule has 0 atom stereocenters. The number of rotatable bonds is 6. The van der Waals surface area contributed by atoms with Crippen molar-refractivity contribution in [3.8, 4) is 0 Å². The van der Waals surface area contributed by atoms with Crippen LogP contribution in [0.1, 0.15) is 29.4 Å². The van der Waals surface area contributed by atoms with Gasteiger partial charge in [0.05, 0.1) is 11.9 Å². The van der Waals surface area contributed by atoms with Gasteiger partial charge in [-0.15, -0.1) is 0 Å². The van der Waals surface area contributed by atoms with Crippen LogP contribution in [-0.4, -0.2) is 45.6 Å². The van der Waals surface area contributed by atoms with E-state index in [1.807, 2.05) is 37.4 Å². The summed E-state index contributed by atoms with van der Waals surface area (Å²) in [5, 5.41) is 8.15. The van der Waals surface area contributed by atoms with Crippen LogP contribution in [0.2, 0.25) is 0 Å². The maximum Gasteiger partial charge on any atom is 0.273 e. The monoisotopic (exact) mass is 353 g/mol. The molecule has 7 nitrogen and oxygen atoms in total. The number of hydrogen-bond donors (Lipinski definition) is 2. The Balaban J connectivity index is 1.70. The molecule has 0 radical (unpaired) electrons. The lowest BCUT2D eigenvalue weighted by Gasteiger charge is -2.13. The average molecular weight is 353 g/mol. The summed E-state index contributed by atoms with van der Waals surface area (Å²) in [5.74, 6) is -0.324. The van der Waals surface area contributed by atoms with Crippen LogP contribution in [0.5, 0.6) is 0 Å². The summed E-state index contributed by atoms with van der Waals surface area (Å²) < 4.78 is 1.59. The highest BCUT2D eigenvalue weighted by atomic mass is 16.2. The first-order valence-electron chi connectivity index (χ1n) is 8.63. The zero-order valence-electron chi connectivity index (χ0n) is 15.2. The second-order valence-corrected chi connectivity index (χ2v) is 6.33. The summed E-state index contributed by atoms with van der Waals surface area (Å²) in [4.78, 5) is 29.5. The highest BCUT2D eigenvalue weighted by Crippen LogP contribution is 2.20. The number of carbonyl (C=O) groups is 2. The molecule has 0 fully saturated rings. The number of fused-ring (bicyclic) bond motifs is 1. The number of amides is 2. The van der Waals surface area contributed by atoms with Crippen molar-refractivity contribution in [2.75, 3.05) is 19.4 Å². The summed E-state index contributed by atoms with van der Waals surface area (Å²) in [6, 6.07) is 8.01. The van der Waals surface area contributed by atoms with E-state index in [-0.39, 0.29) is 11.8 Å². The van der Waals surface area contributed by atoms with Crippen LogP contribution in [0.3, 0.4) is 0 Å². The molecule has 0 unspecified atom stereocenters. The van der Waals surface area contributed by atoms with Gasteiger partial charge in [0.15, 0.2) is 0 Å². The van der Waals surface area contributed by atoms with Gasteiger partial charge < -0.3 is 15.2 Å². The zero-order chi connectivity index (χ0) is 18.7. The summed E-state index contributed by atoms with van der Waals surface area (Å²) in [7, 11) is 3.36. The lowest BCUT2D eigenvalue weighted by Crippen LogP contribution is -2.26. The molecule has 0 saturated carbocycles. The first-order valence-corrected chi connectivity index (χ1v) is 8.63. The minimum absolute atomic E-state index is 0.140. The number of nitrogens with zero attached hydrogens (tertiary/aromatic N) is 3. The van der Waals surface area contributed by atoms with Crippen molar-refractivity contribution >= 4 is 28.4 Å². The fourth-order valence-corrected chi connectivity index (χ4v) is 2.95. The molecule has 2 amide bonds. The molecule has 0 aliphatic rings. The number of anilines is 1. The van der Waals surface area contributed by atoms with Gasteiger partial charge >= 0.3 is 0 Å². The Labute approximate surface area is 152 Å². The van der Waals surface area contributed by atoms with E-state index < -0.39 is 0 Å². The van der Waals surface area contributed by atoms with Crippen molar-refractivity contribution in [1.29, 1.82) is 0 Å². The molecule has 26 heavy (non-hydrogen) atoms. The number of para-hydroxylation sites is 1. The SMILES string of the molecule is CCn1ncc(NC(=O)CCc2c[nH]c3ccccc23)c1C(=O)N(C)C. The first-order chi connectivity index (χ1) is 12.5. The van der Waals surface area contributed by atoms with E-state index in [4.69, 9.17) is 0 Å². The van der Waals surface area contributed by atoms with Crippen molar-refractivity contribution in [1.82, 2.24) is 19.7 Å². The van der Waals surface area contributed by atoms with Gasteiger partial charge in [0.2, 0.25) is 5.91 Å². The number of benzene rings is 1.